The molecule has 7 atom stereocenters. The monoisotopic (exact) mass is 360 g/mol. The number of ether oxygens (including phenoxy) is 2. The van der Waals surface area contributed by atoms with Crippen LogP contribution >= 0.6 is 0 Å². The van der Waals surface area contributed by atoms with Gasteiger partial charge in [0.15, 0.2) is 5.79 Å². The van der Waals surface area contributed by atoms with Gasteiger partial charge in [-0.1, -0.05) is 31.9 Å². The maximum absolute atomic E-state index is 13.1. The van der Waals surface area contributed by atoms with Crippen LogP contribution in [-0.4, -0.2) is 24.3 Å². The number of carbonyl (C=O) groups excluding carboxylic acids is 1. The Morgan fingerprint density at radius 1 is 1.23 bits per heavy atom. The summed E-state index contributed by atoms with van der Waals surface area (Å²) in [5, 5.41) is 0. The lowest BCUT2D eigenvalue weighted by Gasteiger charge is -2.57. The lowest BCUT2D eigenvalue weighted by atomic mass is 9.52. The summed E-state index contributed by atoms with van der Waals surface area (Å²) in [5.41, 5.74) is 3.27. The smallest absolute Gasteiger partial charge is 0.163 e. The number of hydrogen-bond acceptors (Lipinski definition) is 3. The van der Waals surface area contributed by atoms with Crippen molar-refractivity contribution in [3.63, 3.8) is 0 Å². The van der Waals surface area contributed by atoms with E-state index < -0.39 is 5.79 Å². The first kappa shape index (κ1) is 18.7. The fourth-order valence-electron chi connectivity index (χ4n) is 6.55. The minimum atomic E-state index is -0.510. The van der Waals surface area contributed by atoms with Crippen LogP contribution in [0.2, 0.25) is 0 Å². The zero-order valence-corrected chi connectivity index (χ0v) is 17.4. The van der Waals surface area contributed by atoms with Crippen LogP contribution in [-0.2, 0) is 14.3 Å². The predicted molar refractivity (Wildman–Crippen MR) is 103 cm³/mol. The third-order valence-corrected chi connectivity index (χ3v) is 7.97. The second-order valence-corrected chi connectivity index (χ2v) is 10.2. The van der Waals surface area contributed by atoms with Gasteiger partial charge in [-0.2, -0.15) is 0 Å². The number of allylic oxidation sites excluding steroid dienone is 1. The van der Waals surface area contributed by atoms with Crippen LogP contribution in [0.4, 0.5) is 0 Å². The molecule has 4 aliphatic rings. The maximum Gasteiger partial charge on any atom is 0.163 e. The second-order valence-electron chi connectivity index (χ2n) is 10.2. The molecule has 146 valence electrons. The third kappa shape index (κ3) is 2.90. The van der Waals surface area contributed by atoms with Gasteiger partial charge in [0, 0.05) is 24.2 Å². The van der Waals surface area contributed by atoms with Crippen LogP contribution in [0.5, 0.6) is 0 Å². The van der Waals surface area contributed by atoms with Gasteiger partial charge in [0.25, 0.3) is 0 Å². The molecule has 1 saturated heterocycles. The van der Waals surface area contributed by atoms with Gasteiger partial charge in [-0.3, -0.25) is 4.79 Å². The molecule has 26 heavy (non-hydrogen) atoms. The molecule has 4 bridgehead atoms. The lowest BCUT2D eigenvalue weighted by Crippen LogP contribution is -2.58. The van der Waals surface area contributed by atoms with Crippen LogP contribution in [0.3, 0.4) is 0 Å². The average molecular weight is 361 g/mol. The molecule has 2 saturated carbocycles. The van der Waals surface area contributed by atoms with Gasteiger partial charge in [-0.25, -0.2) is 0 Å². The van der Waals surface area contributed by atoms with E-state index in [-0.39, 0.29) is 12.0 Å². The van der Waals surface area contributed by atoms with Crippen LogP contribution in [0.1, 0.15) is 67.2 Å². The lowest BCUT2D eigenvalue weighted by molar-refractivity contribution is -0.311. The van der Waals surface area contributed by atoms with E-state index in [0.29, 0.717) is 41.3 Å². The number of hydrogen-bond donors (Lipinski definition) is 0. The van der Waals surface area contributed by atoms with Crippen molar-refractivity contribution in [3.8, 4) is 0 Å². The molecule has 0 spiro atoms. The van der Waals surface area contributed by atoms with E-state index in [0.717, 1.165) is 32.3 Å². The summed E-state index contributed by atoms with van der Waals surface area (Å²) in [6.07, 6.45) is 4.40. The number of rotatable bonds is 1. The molecule has 0 aromatic carbocycles. The minimum absolute atomic E-state index is 0.151. The number of ketones is 1. The Hall–Kier alpha value is -0.670. The van der Waals surface area contributed by atoms with Crippen molar-refractivity contribution in [1.29, 1.82) is 0 Å². The molecule has 1 aliphatic heterocycles. The quantitative estimate of drug-likeness (QED) is 0.618. The molecule has 0 amide bonds. The maximum atomic E-state index is 13.1. The van der Waals surface area contributed by atoms with Crippen molar-refractivity contribution in [2.45, 2.75) is 79.1 Å². The summed E-state index contributed by atoms with van der Waals surface area (Å²) in [4.78, 5) is 13.1. The van der Waals surface area contributed by atoms with Gasteiger partial charge < -0.3 is 9.47 Å². The zero-order valence-electron chi connectivity index (χ0n) is 17.4. The largest absolute Gasteiger partial charge is 0.350 e. The molecule has 0 radical (unpaired) electrons. The normalized spacial score (nSPS) is 45.2. The highest BCUT2D eigenvalue weighted by Gasteiger charge is 2.55. The second kappa shape index (κ2) is 6.44. The molecule has 0 N–H and O–H groups in total. The summed E-state index contributed by atoms with van der Waals surface area (Å²) >= 11 is 0. The minimum Gasteiger partial charge on any atom is -0.350 e. The zero-order chi connectivity index (χ0) is 18.8. The van der Waals surface area contributed by atoms with Crippen molar-refractivity contribution < 1.29 is 14.3 Å². The molecule has 3 nitrogen and oxygen atoms in total. The molecular weight excluding hydrogens is 324 g/mol. The van der Waals surface area contributed by atoms with Crippen LogP contribution < -0.4 is 0 Å². The highest BCUT2D eigenvalue weighted by atomic mass is 16.7. The van der Waals surface area contributed by atoms with E-state index in [4.69, 9.17) is 9.47 Å². The van der Waals surface area contributed by atoms with E-state index in [1.165, 1.54) is 0 Å². The fourth-order valence-corrected chi connectivity index (χ4v) is 6.55. The molecule has 1 heterocycles. The fraction of sp³-hybridized carbons (Fsp3) is 0.870. The predicted octanol–water partition coefficient (Wildman–Crippen LogP) is 5.00. The Labute approximate surface area is 158 Å². The standard InChI is InChI=1S/C23H36O3/c1-12(2)17-10-19(24)14(4)16-8-7-13(3)20-18(17)9-15-11-25-23(5,6)26-22(15)21(16)20/h12,14-18,21-22H,7-11H2,1-6H3/t14?,15-,16-,17?,18-,21+,22+/m0/s1. The highest BCUT2D eigenvalue weighted by Crippen LogP contribution is 2.57. The number of Topliss-reactive ketones (excluding diaryl/α,β-unsaturated/α-hetero) is 1. The Morgan fingerprint density at radius 3 is 2.65 bits per heavy atom. The van der Waals surface area contributed by atoms with Crippen LogP contribution in [0, 0.1) is 41.4 Å². The molecule has 0 aromatic heterocycles. The molecule has 3 fully saturated rings. The molecule has 3 aliphatic carbocycles. The van der Waals surface area contributed by atoms with E-state index in [1.807, 2.05) is 13.8 Å². The first-order valence-electron chi connectivity index (χ1n) is 10.7. The Balaban J connectivity index is 1.83. The Morgan fingerprint density at radius 2 is 1.96 bits per heavy atom. The number of carbonyl (C=O) groups is 1. The molecule has 3 heteroatoms. The molecule has 0 aromatic rings. The van der Waals surface area contributed by atoms with Gasteiger partial charge in [-0.05, 0) is 63.7 Å². The Kier molecular flexibility index (Phi) is 4.63. The summed E-state index contributed by atoms with van der Waals surface area (Å²) in [6, 6.07) is 0. The van der Waals surface area contributed by atoms with Gasteiger partial charge in [0.2, 0.25) is 0 Å². The summed E-state index contributed by atoms with van der Waals surface area (Å²) in [5.74, 6) is 3.00. The van der Waals surface area contributed by atoms with Crippen LogP contribution in [0.25, 0.3) is 0 Å². The van der Waals surface area contributed by atoms with E-state index >= 15 is 0 Å². The van der Waals surface area contributed by atoms with Gasteiger partial charge in [0.05, 0.1) is 12.7 Å². The first-order chi connectivity index (χ1) is 12.2. The molecule has 4 rings (SSSR count). The van der Waals surface area contributed by atoms with E-state index in [2.05, 4.69) is 27.7 Å². The van der Waals surface area contributed by atoms with Crippen molar-refractivity contribution in [1.82, 2.24) is 0 Å². The summed E-state index contributed by atoms with van der Waals surface area (Å²) < 4.78 is 12.6. The first-order valence-corrected chi connectivity index (χ1v) is 10.7. The summed E-state index contributed by atoms with van der Waals surface area (Å²) in [6.45, 7) is 14.0. The van der Waals surface area contributed by atoms with E-state index in [1.54, 1.807) is 11.1 Å². The number of fused-ring (bicyclic) bond motifs is 1. The molecular formula is C23H36O3. The highest BCUT2D eigenvalue weighted by molar-refractivity contribution is 5.81. The van der Waals surface area contributed by atoms with Crippen molar-refractivity contribution >= 4 is 5.78 Å². The third-order valence-electron chi connectivity index (χ3n) is 7.97. The SMILES string of the molecule is CC1=C2[C@@H]3[C@@H]4OC(C)(C)OC[C@@H]4C[C@H]2C(C(C)C)CC(=O)C(C)[C@@H]3CC1. The summed E-state index contributed by atoms with van der Waals surface area (Å²) in [7, 11) is 0. The van der Waals surface area contributed by atoms with E-state index in [9.17, 15) is 4.79 Å². The van der Waals surface area contributed by atoms with Crippen molar-refractivity contribution in [2.24, 2.45) is 41.4 Å². The van der Waals surface area contributed by atoms with Crippen LogP contribution in [0.15, 0.2) is 11.1 Å². The Bertz CT molecular complexity index is 617. The molecule has 2 unspecified atom stereocenters. The van der Waals surface area contributed by atoms with Gasteiger partial charge >= 0.3 is 0 Å². The van der Waals surface area contributed by atoms with Crippen molar-refractivity contribution in [2.75, 3.05) is 6.61 Å². The average Bonchev–Trinajstić information content (AvgIpc) is 2.57. The topological polar surface area (TPSA) is 35.5 Å². The van der Waals surface area contributed by atoms with Crippen molar-refractivity contribution in [3.05, 3.63) is 11.1 Å². The van der Waals surface area contributed by atoms with Gasteiger partial charge in [0.1, 0.15) is 5.78 Å². The van der Waals surface area contributed by atoms with Gasteiger partial charge in [-0.15, -0.1) is 0 Å².